The van der Waals surface area contributed by atoms with Gasteiger partial charge in [0.2, 0.25) is 0 Å². The van der Waals surface area contributed by atoms with Gasteiger partial charge in [0, 0.05) is 32.9 Å². The molecule has 1 N–H and O–H groups in total. The van der Waals surface area contributed by atoms with E-state index in [1.807, 2.05) is 7.05 Å². The van der Waals surface area contributed by atoms with Gasteiger partial charge in [0.05, 0.1) is 5.75 Å². The summed E-state index contributed by atoms with van der Waals surface area (Å²) in [6, 6.07) is 0. The Bertz CT molecular complexity index is 530. The Balaban J connectivity index is 0.00000576. The topological polar surface area (TPSA) is 61.8 Å². The van der Waals surface area contributed by atoms with Crippen molar-refractivity contribution in [1.82, 2.24) is 10.2 Å². The molecule has 1 unspecified atom stereocenters. The number of halogens is 1. The second-order valence-corrected chi connectivity index (χ2v) is 10.8. The zero-order chi connectivity index (χ0) is 18.4. The van der Waals surface area contributed by atoms with Crippen LogP contribution in [-0.4, -0.2) is 58.0 Å². The summed E-state index contributed by atoms with van der Waals surface area (Å²) < 4.78 is 22.8. The third-order valence-electron chi connectivity index (χ3n) is 5.02. The molecule has 1 rings (SSSR count). The molecule has 1 atom stereocenters. The second kappa shape index (κ2) is 10.3. The van der Waals surface area contributed by atoms with E-state index in [2.05, 4.69) is 42.9 Å². The summed E-state index contributed by atoms with van der Waals surface area (Å²) in [5.74, 6) is 1.18. The van der Waals surface area contributed by atoms with E-state index in [1.165, 1.54) is 31.9 Å². The summed E-state index contributed by atoms with van der Waals surface area (Å²) in [6.07, 6.45) is 6.92. The van der Waals surface area contributed by atoms with Crippen LogP contribution in [0.3, 0.4) is 0 Å². The predicted molar refractivity (Wildman–Crippen MR) is 119 cm³/mol. The van der Waals surface area contributed by atoms with Crippen LogP contribution < -0.4 is 5.32 Å². The minimum absolute atomic E-state index is 0. The molecule has 0 aromatic heterocycles. The van der Waals surface area contributed by atoms with Gasteiger partial charge in [-0.05, 0) is 36.5 Å². The fourth-order valence-electron chi connectivity index (χ4n) is 3.50. The minimum Gasteiger partial charge on any atom is -0.356 e. The molecule has 0 radical (unpaired) electrons. The van der Waals surface area contributed by atoms with Gasteiger partial charge in [0.1, 0.15) is 9.84 Å². The number of nitrogens with one attached hydrogen (secondary N) is 1. The molecule has 25 heavy (non-hydrogen) atoms. The summed E-state index contributed by atoms with van der Waals surface area (Å²) >= 11 is 0. The highest BCUT2D eigenvalue weighted by atomic mass is 127. The summed E-state index contributed by atoms with van der Waals surface area (Å²) in [4.78, 5) is 6.83. The Morgan fingerprint density at radius 1 is 1.36 bits per heavy atom. The van der Waals surface area contributed by atoms with E-state index in [0.29, 0.717) is 11.8 Å². The molecule has 0 aromatic carbocycles. The first kappa shape index (κ1) is 24.9. The van der Waals surface area contributed by atoms with Crippen LogP contribution in [0.1, 0.15) is 59.8 Å². The summed E-state index contributed by atoms with van der Waals surface area (Å²) in [7, 11) is -1.08. The number of guanidine groups is 1. The molecule has 1 fully saturated rings. The van der Waals surface area contributed by atoms with Crippen LogP contribution in [0, 0.1) is 10.8 Å². The number of hydrogen-bond acceptors (Lipinski definition) is 3. The zero-order valence-corrected chi connectivity index (χ0v) is 20.0. The standard InChI is InChI=1S/C18H37N3O2S.HI/c1-7-9-18(4)10-8-12-21(15-18)16(19-5)20-14-17(2,3)11-13-24(6,22)23;/h7-15H2,1-6H3,(H,19,20);1H. The first-order chi connectivity index (χ1) is 11.0. The molecular weight excluding hydrogens is 449 g/mol. The monoisotopic (exact) mass is 487 g/mol. The van der Waals surface area contributed by atoms with Crippen LogP contribution >= 0.6 is 24.0 Å². The van der Waals surface area contributed by atoms with E-state index in [0.717, 1.165) is 25.6 Å². The molecule has 0 amide bonds. The number of nitrogens with zero attached hydrogens (tertiary/aromatic N) is 2. The van der Waals surface area contributed by atoms with Gasteiger partial charge in [-0.15, -0.1) is 24.0 Å². The Morgan fingerprint density at radius 3 is 2.52 bits per heavy atom. The quantitative estimate of drug-likeness (QED) is 0.339. The molecule has 1 aliphatic heterocycles. The average Bonchev–Trinajstić information content (AvgIpc) is 2.45. The number of rotatable bonds is 7. The third kappa shape index (κ3) is 9.45. The molecular formula is C18H38IN3O2S. The summed E-state index contributed by atoms with van der Waals surface area (Å²) in [5, 5.41) is 3.48. The molecule has 5 nitrogen and oxygen atoms in total. The van der Waals surface area contributed by atoms with Gasteiger partial charge in [-0.2, -0.15) is 0 Å². The molecule has 7 heteroatoms. The van der Waals surface area contributed by atoms with Crippen molar-refractivity contribution in [3.8, 4) is 0 Å². The Hall–Kier alpha value is -0.0500. The van der Waals surface area contributed by atoms with Crippen LogP contribution in [0.5, 0.6) is 0 Å². The normalized spacial score (nSPS) is 22.5. The van der Waals surface area contributed by atoms with Crippen molar-refractivity contribution in [3.05, 3.63) is 0 Å². The number of piperidine rings is 1. The molecule has 0 saturated carbocycles. The van der Waals surface area contributed by atoms with Crippen molar-refractivity contribution in [1.29, 1.82) is 0 Å². The van der Waals surface area contributed by atoms with Crippen molar-refractivity contribution < 1.29 is 8.42 Å². The van der Waals surface area contributed by atoms with Gasteiger partial charge in [-0.1, -0.05) is 34.1 Å². The highest BCUT2D eigenvalue weighted by molar-refractivity contribution is 14.0. The van der Waals surface area contributed by atoms with Gasteiger partial charge in [0.15, 0.2) is 5.96 Å². The molecule has 0 aromatic rings. The van der Waals surface area contributed by atoms with Gasteiger partial charge < -0.3 is 10.2 Å². The van der Waals surface area contributed by atoms with Crippen molar-refractivity contribution >= 4 is 39.8 Å². The largest absolute Gasteiger partial charge is 0.356 e. The fourth-order valence-corrected chi connectivity index (χ4v) is 4.43. The van der Waals surface area contributed by atoms with E-state index >= 15 is 0 Å². The fraction of sp³-hybridized carbons (Fsp3) is 0.944. The lowest BCUT2D eigenvalue weighted by Crippen LogP contribution is -2.51. The van der Waals surface area contributed by atoms with Crippen LogP contribution in [0.4, 0.5) is 0 Å². The van der Waals surface area contributed by atoms with Gasteiger partial charge in [0.25, 0.3) is 0 Å². The second-order valence-electron chi connectivity index (χ2n) is 8.53. The summed E-state index contributed by atoms with van der Waals surface area (Å²) in [6.45, 7) is 11.7. The molecule has 0 aliphatic carbocycles. The van der Waals surface area contributed by atoms with Crippen LogP contribution in [-0.2, 0) is 9.84 Å². The van der Waals surface area contributed by atoms with Crippen molar-refractivity contribution in [3.63, 3.8) is 0 Å². The summed E-state index contributed by atoms with van der Waals surface area (Å²) in [5.41, 5.74) is 0.290. The van der Waals surface area contributed by atoms with E-state index in [4.69, 9.17) is 0 Å². The van der Waals surface area contributed by atoms with Crippen LogP contribution in [0.15, 0.2) is 4.99 Å². The first-order valence-corrected chi connectivity index (χ1v) is 11.2. The molecule has 0 bridgehead atoms. The van der Waals surface area contributed by atoms with E-state index in [1.54, 1.807) is 0 Å². The van der Waals surface area contributed by atoms with Gasteiger partial charge >= 0.3 is 0 Å². The minimum atomic E-state index is -2.91. The maximum Gasteiger partial charge on any atom is 0.193 e. The number of likely N-dealkylation sites (tertiary alicyclic amines) is 1. The lowest BCUT2D eigenvalue weighted by molar-refractivity contribution is 0.142. The smallest absolute Gasteiger partial charge is 0.193 e. The highest BCUT2D eigenvalue weighted by Crippen LogP contribution is 2.34. The number of hydrogen-bond donors (Lipinski definition) is 1. The van der Waals surface area contributed by atoms with E-state index in [9.17, 15) is 8.42 Å². The molecule has 1 aliphatic rings. The van der Waals surface area contributed by atoms with Crippen LogP contribution in [0.25, 0.3) is 0 Å². The zero-order valence-electron chi connectivity index (χ0n) is 16.9. The van der Waals surface area contributed by atoms with Crippen LogP contribution in [0.2, 0.25) is 0 Å². The maximum atomic E-state index is 11.4. The van der Waals surface area contributed by atoms with Crippen molar-refractivity contribution in [2.75, 3.05) is 38.7 Å². The maximum absolute atomic E-state index is 11.4. The van der Waals surface area contributed by atoms with E-state index < -0.39 is 9.84 Å². The Labute approximate surface area is 172 Å². The third-order valence-corrected chi connectivity index (χ3v) is 5.97. The Morgan fingerprint density at radius 2 is 2.00 bits per heavy atom. The Kier molecular flexibility index (Phi) is 10.3. The lowest BCUT2D eigenvalue weighted by Gasteiger charge is -2.42. The SMILES string of the molecule is CCCC1(C)CCCN(C(=NC)NCC(C)(C)CCS(C)(=O)=O)C1.I. The van der Waals surface area contributed by atoms with Crippen molar-refractivity contribution in [2.45, 2.75) is 59.8 Å². The predicted octanol–water partition coefficient (Wildman–Crippen LogP) is 3.54. The average molecular weight is 487 g/mol. The molecule has 150 valence electrons. The lowest BCUT2D eigenvalue weighted by atomic mass is 9.78. The van der Waals surface area contributed by atoms with Crippen molar-refractivity contribution in [2.24, 2.45) is 15.8 Å². The van der Waals surface area contributed by atoms with Gasteiger partial charge in [-0.25, -0.2) is 8.42 Å². The first-order valence-electron chi connectivity index (χ1n) is 9.14. The molecule has 1 saturated heterocycles. The van der Waals surface area contributed by atoms with E-state index in [-0.39, 0.29) is 35.1 Å². The number of sulfone groups is 1. The number of aliphatic imine (C=N–C) groups is 1. The molecule has 0 spiro atoms. The molecule has 1 heterocycles. The highest BCUT2D eigenvalue weighted by Gasteiger charge is 2.32. The van der Waals surface area contributed by atoms with Gasteiger partial charge in [-0.3, -0.25) is 4.99 Å².